The molecule has 0 unspecified atom stereocenters. The van der Waals surface area contributed by atoms with Gasteiger partial charge in [-0.3, -0.25) is 0 Å². The Balaban J connectivity index is 1.79. The van der Waals surface area contributed by atoms with Crippen molar-refractivity contribution < 1.29 is 9.84 Å². The van der Waals surface area contributed by atoms with Crippen LogP contribution < -0.4 is 4.74 Å². The number of rotatable bonds is 4. The van der Waals surface area contributed by atoms with Crippen molar-refractivity contribution in [2.45, 2.75) is 50.9 Å². The van der Waals surface area contributed by atoms with Crippen LogP contribution in [0.3, 0.4) is 0 Å². The Labute approximate surface area is 115 Å². The van der Waals surface area contributed by atoms with Gasteiger partial charge in [0.25, 0.3) is 0 Å². The molecule has 0 aromatic heterocycles. The molecule has 1 aromatic rings. The Bertz CT molecular complexity index is 411. The van der Waals surface area contributed by atoms with E-state index in [1.54, 1.807) is 0 Å². The number of ether oxygens (including phenoxy) is 1. The summed E-state index contributed by atoms with van der Waals surface area (Å²) in [6.07, 6.45) is 7.29. The molecule has 19 heavy (non-hydrogen) atoms. The van der Waals surface area contributed by atoms with Crippen molar-refractivity contribution in [2.24, 2.45) is 5.41 Å². The van der Waals surface area contributed by atoms with Crippen LogP contribution in [0.15, 0.2) is 24.3 Å². The molecule has 0 amide bonds. The van der Waals surface area contributed by atoms with E-state index in [1.165, 1.54) is 44.1 Å². The number of benzene rings is 1. The van der Waals surface area contributed by atoms with Crippen molar-refractivity contribution in [1.82, 2.24) is 0 Å². The number of hydrogen-bond acceptors (Lipinski definition) is 2. The lowest BCUT2D eigenvalue weighted by Crippen LogP contribution is -2.45. The first-order valence-electron chi connectivity index (χ1n) is 7.56. The van der Waals surface area contributed by atoms with Crippen molar-refractivity contribution in [1.29, 1.82) is 0 Å². The van der Waals surface area contributed by atoms with Crippen molar-refractivity contribution >= 4 is 0 Å². The maximum Gasteiger partial charge on any atom is 0.119 e. The first kappa shape index (κ1) is 13.0. The van der Waals surface area contributed by atoms with E-state index >= 15 is 0 Å². The second-order valence-corrected chi connectivity index (χ2v) is 6.40. The van der Waals surface area contributed by atoms with Gasteiger partial charge in [0, 0.05) is 6.61 Å². The van der Waals surface area contributed by atoms with Crippen LogP contribution in [0.5, 0.6) is 5.75 Å². The van der Waals surface area contributed by atoms with Gasteiger partial charge in [0.1, 0.15) is 5.75 Å². The molecular weight excluding hydrogens is 236 g/mol. The normalized spacial score (nSPS) is 33.4. The van der Waals surface area contributed by atoms with Crippen LogP contribution in [-0.2, 0) is 5.41 Å². The zero-order valence-corrected chi connectivity index (χ0v) is 11.8. The van der Waals surface area contributed by atoms with Gasteiger partial charge >= 0.3 is 0 Å². The van der Waals surface area contributed by atoms with Crippen molar-refractivity contribution in [2.75, 3.05) is 13.2 Å². The Hall–Kier alpha value is -1.02. The summed E-state index contributed by atoms with van der Waals surface area (Å²) in [6.45, 7) is 3.12. The molecule has 0 heterocycles. The average Bonchev–Trinajstić information content (AvgIpc) is 2.50. The van der Waals surface area contributed by atoms with Crippen LogP contribution in [0.4, 0.5) is 0 Å². The van der Waals surface area contributed by atoms with E-state index in [1.807, 2.05) is 6.92 Å². The van der Waals surface area contributed by atoms with Crippen LogP contribution in [0.25, 0.3) is 0 Å². The zero-order valence-electron chi connectivity index (χ0n) is 11.8. The molecule has 3 aliphatic carbocycles. The van der Waals surface area contributed by atoms with E-state index in [0.717, 1.165) is 12.4 Å². The molecule has 3 fully saturated rings. The maximum atomic E-state index is 9.60. The van der Waals surface area contributed by atoms with Crippen molar-refractivity contribution in [3.63, 3.8) is 0 Å². The monoisotopic (exact) mass is 260 g/mol. The van der Waals surface area contributed by atoms with E-state index in [4.69, 9.17) is 4.74 Å². The van der Waals surface area contributed by atoms with Crippen LogP contribution in [0, 0.1) is 5.41 Å². The Kier molecular flexibility index (Phi) is 3.30. The third-order valence-electron chi connectivity index (χ3n) is 5.51. The molecule has 0 spiro atoms. The first-order chi connectivity index (χ1) is 9.22. The SMILES string of the molecule is CCOc1ccc(C23CCC(CO)(CC2)CC3)cc1. The van der Waals surface area contributed by atoms with Gasteiger partial charge in [-0.15, -0.1) is 0 Å². The van der Waals surface area contributed by atoms with Crippen LogP contribution in [0.2, 0.25) is 0 Å². The molecule has 1 aromatic carbocycles. The summed E-state index contributed by atoms with van der Waals surface area (Å²) in [5.41, 5.74) is 2.11. The van der Waals surface area contributed by atoms with Crippen LogP contribution >= 0.6 is 0 Å². The Morgan fingerprint density at radius 3 is 2.05 bits per heavy atom. The molecule has 2 heteroatoms. The average molecular weight is 260 g/mol. The van der Waals surface area contributed by atoms with Crippen LogP contribution in [0.1, 0.15) is 51.0 Å². The zero-order chi connectivity index (χ0) is 13.3. The molecule has 0 atom stereocenters. The van der Waals surface area contributed by atoms with E-state index in [-0.39, 0.29) is 5.41 Å². The van der Waals surface area contributed by atoms with E-state index in [9.17, 15) is 5.11 Å². The largest absolute Gasteiger partial charge is 0.494 e. The molecular formula is C17H24O2. The third-order valence-corrected chi connectivity index (χ3v) is 5.51. The lowest BCUT2D eigenvalue weighted by molar-refractivity contribution is -0.00689. The molecule has 3 aliphatic rings. The highest BCUT2D eigenvalue weighted by atomic mass is 16.5. The second kappa shape index (κ2) is 4.82. The van der Waals surface area contributed by atoms with E-state index in [0.29, 0.717) is 12.0 Å². The summed E-state index contributed by atoms with van der Waals surface area (Å²) in [5, 5.41) is 9.60. The van der Waals surface area contributed by atoms with E-state index < -0.39 is 0 Å². The summed E-state index contributed by atoms with van der Waals surface area (Å²) < 4.78 is 5.52. The van der Waals surface area contributed by atoms with Crippen LogP contribution in [-0.4, -0.2) is 18.3 Å². The van der Waals surface area contributed by atoms with Gasteiger partial charge in [-0.05, 0) is 74.0 Å². The maximum absolute atomic E-state index is 9.60. The summed E-state index contributed by atoms with van der Waals surface area (Å²) >= 11 is 0. The predicted octanol–water partition coefficient (Wildman–Crippen LogP) is 3.67. The van der Waals surface area contributed by atoms with Gasteiger partial charge in [0.05, 0.1) is 6.61 Å². The highest BCUT2D eigenvalue weighted by Gasteiger charge is 2.48. The number of aliphatic hydroxyl groups excluding tert-OH is 1. The summed E-state index contributed by atoms with van der Waals surface area (Å²) in [6, 6.07) is 8.72. The van der Waals surface area contributed by atoms with Gasteiger partial charge in [-0.25, -0.2) is 0 Å². The Morgan fingerprint density at radius 1 is 1.00 bits per heavy atom. The smallest absolute Gasteiger partial charge is 0.119 e. The summed E-state index contributed by atoms with van der Waals surface area (Å²) in [7, 11) is 0. The molecule has 3 saturated carbocycles. The molecule has 0 saturated heterocycles. The molecule has 2 bridgehead atoms. The van der Waals surface area contributed by atoms with E-state index in [2.05, 4.69) is 24.3 Å². The lowest BCUT2D eigenvalue weighted by Gasteiger charge is -2.53. The predicted molar refractivity (Wildman–Crippen MR) is 76.5 cm³/mol. The fraction of sp³-hybridized carbons (Fsp3) is 0.647. The highest BCUT2D eigenvalue weighted by molar-refractivity contribution is 5.34. The number of hydrogen-bond donors (Lipinski definition) is 1. The molecule has 4 rings (SSSR count). The van der Waals surface area contributed by atoms with Gasteiger partial charge in [-0.1, -0.05) is 12.1 Å². The van der Waals surface area contributed by atoms with Crippen molar-refractivity contribution in [3.05, 3.63) is 29.8 Å². The molecule has 0 aliphatic heterocycles. The number of aliphatic hydroxyl groups is 1. The Morgan fingerprint density at radius 2 is 1.58 bits per heavy atom. The van der Waals surface area contributed by atoms with Crippen molar-refractivity contribution in [3.8, 4) is 5.75 Å². The number of fused-ring (bicyclic) bond motifs is 3. The summed E-state index contributed by atoms with van der Waals surface area (Å²) in [4.78, 5) is 0. The topological polar surface area (TPSA) is 29.5 Å². The lowest BCUT2D eigenvalue weighted by atomic mass is 9.52. The fourth-order valence-electron chi connectivity index (χ4n) is 4.00. The molecule has 2 nitrogen and oxygen atoms in total. The third kappa shape index (κ3) is 2.16. The minimum absolute atomic E-state index is 0.257. The van der Waals surface area contributed by atoms with Gasteiger partial charge in [0.2, 0.25) is 0 Å². The summed E-state index contributed by atoms with van der Waals surface area (Å²) in [5.74, 6) is 0.971. The van der Waals surface area contributed by atoms with Gasteiger partial charge in [0.15, 0.2) is 0 Å². The second-order valence-electron chi connectivity index (χ2n) is 6.40. The van der Waals surface area contributed by atoms with Gasteiger partial charge < -0.3 is 9.84 Å². The first-order valence-corrected chi connectivity index (χ1v) is 7.56. The fourth-order valence-corrected chi connectivity index (χ4v) is 4.00. The minimum atomic E-state index is 0.257. The van der Waals surface area contributed by atoms with Gasteiger partial charge in [-0.2, -0.15) is 0 Å². The molecule has 1 N–H and O–H groups in total. The standard InChI is InChI=1S/C17H24O2/c1-2-19-15-5-3-14(4-6-15)17-10-7-16(13-18,8-11-17)9-12-17/h3-6,18H,2,7-13H2,1H3. The molecule has 0 radical (unpaired) electrons. The molecule has 104 valence electrons. The quantitative estimate of drug-likeness (QED) is 0.895. The highest BCUT2D eigenvalue weighted by Crippen LogP contribution is 2.57. The minimum Gasteiger partial charge on any atom is -0.494 e.